The number of ether oxygens (including phenoxy) is 5. The summed E-state index contributed by atoms with van der Waals surface area (Å²) in [5.41, 5.74) is 6.80. The number of hydrogen-bond acceptors (Lipinski definition) is 14. The summed E-state index contributed by atoms with van der Waals surface area (Å²) in [4.78, 5) is 80.8. The lowest BCUT2D eigenvalue weighted by atomic mass is 9.94. The molecule has 1 aliphatic carbocycles. The largest absolute Gasteiger partial charge is 0.496 e. The Kier molecular flexibility index (Phi) is 15.0. The van der Waals surface area contributed by atoms with E-state index in [1.54, 1.807) is 6.92 Å². The molecule has 0 spiro atoms. The van der Waals surface area contributed by atoms with E-state index in [0.29, 0.717) is 35.9 Å². The van der Waals surface area contributed by atoms with Gasteiger partial charge in [-0.2, -0.15) is 0 Å². The monoisotopic (exact) mass is 786 g/mol. The number of nitrogens with two attached hydrogens (primary N) is 1. The number of esters is 3. The summed E-state index contributed by atoms with van der Waals surface area (Å²) in [6.07, 6.45) is 1.90. The fourth-order valence-corrected chi connectivity index (χ4v) is 5.27. The van der Waals surface area contributed by atoms with Gasteiger partial charge in [0.05, 0.1) is 7.11 Å². The van der Waals surface area contributed by atoms with Crippen LogP contribution in [-0.4, -0.2) is 79.4 Å². The highest BCUT2D eigenvalue weighted by Crippen LogP contribution is 2.35. The third-order valence-corrected chi connectivity index (χ3v) is 8.88. The zero-order valence-electron chi connectivity index (χ0n) is 32.3. The van der Waals surface area contributed by atoms with Crippen molar-refractivity contribution in [2.45, 2.75) is 59.3 Å². The molecule has 57 heavy (non-hydrogen) atoms. The predicted octanol–water partition coefficient (Wildman–Crippen LogP) is 4.78. The van der Waals surface area contributed by atoms with Gasteiger partial charge in [0.2, 0.25) is 13.1 Å². The summed E-state index contributed by atoms with van der Waals surface area (Å²) in [7, 11) is 1.42. The Hall–Kier alpha value is -6.62. The van der Waals surface area contributed by atoms with Crippen molar-refractivity contribution in [3.8, 4) is 16.9 Å². The fourth-order valence-electron chi connectivity index (χ4n) is 5.27. The van der Waals surface area contributed by atoms with Crippen LogP contribution in [0.2, 0.25) is 0 Å². The number of alkyl carbamates (subject to hydrolysis) is 1. The van der Waals surface area contributed by atoms with Crippen LogP contribution in [0.3, 0.4) is 0 Å². The molecule has 302 valence electrons. The number of rotatable bonds is 17. The number of pyridine rings is 1. The Morgan fingerprint density at radius 2 is 1.68 bits per heavy atom. The third-order valence-electron chi connectivity index (χ3n) is 8.88. The van der Waals surface area contributed by atoms with Crippen molar-refractivity contribution in [1.29, 1.82) is 5.41 Å². The molecule has 1 aliphatic rings. The highest BCUT2D eigenvalue weighted by Gasteiger charge is 2.27. The first kappa shape index (κ1) is 43.1. The second-order valence-electron chi connectivity index (χ2n) is 13.1. The summed E-state index contributed by atoms with van der Waals surface area (Å²) >= 11 is 0. The van der Waals surface area contributed by atoms with Gasteiger partial charge in [0.1, 0.15) is 23.3 Å². The summed E-state index contributed by atoms with van der Waals surface area (Å²) in [6, 6.07) is 10.8. The highest BCUT2D eigenvalue weighted by molar-refractivity contribution is 6.11. The van der Waals surface area contributed by atoms with Gasteiger partial charge in [-0.05, 0) is 73.2 Å². The normalized spacial score (nSPS) is 13.4. The number of anilines is 1. The van der Waals surface area contributed by atoms with Crippen LogP contribution in [0.1, 0.15) is 89.4 Å². The number of hydrogen-bond donors (Lipinski definition) is 5. The van der Waals surface area contributed by atoms with Crippen molar-refractivity contribution in [3.05, 3.63) is 83.2 Å². The van der Waals surface area contributed by atoms with Gasteiger partial charge in [-0.25, -0.2) is 14.6 Å². The number of amidine groups is 1. The molecule has 3 amide bonds. The molecule has 1 saturated carbocycles. The van der Waals surface area contributed by atoms with Gasteiger partial charge in [0.15, 0.2) is 5.69 Å². The quantitative estimate of drug-likeness (QED) is 0.0536. The van der Waals surface area contributed by atoms with E-state index in [1.165, 1.54) is 68.6 Å². The molecule has 17 heteroatoms. The first-order valence-corrected chi connectivity index (χ1v) is 18.0. The van der Waals surface area contributed by atoms with Crippen LogP contribution in [0.25, 0.3) is 17.2 Å². The maximum atomic E-state index is 14.0. The molecule has 2 aromatic carbocycles. The summed E-state index contributed by atoms with van der Waals surface area (Å²) in [5.74, 6) is -3.47. The Balaban J connectivity index is 1.64. The molecule has 0 bridgehead atoms. The van der Waals surface area contributed by atoms with Crippen LogP contribution < -0.4 is 26.4 Å². The number of nitrogens with zero attached hydrogens (tertiary/aromatic N) is 1. The average Bonchev–Trinajstić information content (AvgIpc) is 4.03. The number of carbonyl (C=O) groups is 6. The van der Waals surface area contributed by atoms with Crippen molar-refractivity contribution in [3.63, 3.8) is 0 Å². The van der Waals surface area contributed by atoms with Gasteiger partial charge in [0.25, 0.3) is 11.8 Å². The minimum atomic E-state index is -1.17. The maximum Gasteiger partial charge on any atom is 0.415 e. The smallest absolute Gasteiger partial charge is 0.415 e. The van der Waals surface area contributed by atoms with E-state index in [1.807, 2.05) is 6.92 Å². The molecule has 1 fully saturated rings. The minimum absolute atomic E-state index is 0.0431. The Bertz CT molecular complexity index is 2030. The molecule has 17 nitrogen and oxygen atoms in total. The Labute approximate surface area is 329 Å². The van der Waals surface area contributed by atoms with Gasteiger partial charge >= 0.3 is 24.0 Å². The van der Waals surface area contributed by atoms with Crippen molar-refractivity contribution >= 4 is 53.4 Å². The molecule has 3 atom stereocenters. The molecule has 4 rings (SSSR count). The zero-order chi connectivity index (χ0) is 41.8. The van der Waals surface area contributed by atoms with Crippen LogP contribution in [0.4, 0.5) is 10.5 Å². The lowest BCUT2D eigenvalue weighted by molar-refractivity contribution is -0.162. The molecule has 1 heterocycles. The van der Waals surface area contributed by atoms with Gasteiger partial charge in [0, 0.05) is 53.9 Å². The molecular weight excluding hydrogens is 740 g/mol. The van der Waals surface area contributed by atoms with Crippen molar-refractivity contribution < 1.29 is 52.5 Å². The first-order chi connectivity index (χ1) is 27.1. The second-order valence-corrected chi connectivity index (χ2v) is 13.1. The lowest BCUT2D eigenvalue weighted by Crippen LogP contribution is -2.38. The van der Waals surface area contributed by atoms with E-state index in [2.05, 4.69) is 27.5 Å². The lowest BCUT2D eigenvalue weighted by Gasteiger charge is -2.18. The molecule has 3 aromatic rings. The number of nitrogens with one attached hydrogen (secondary N) is 4. The highest BCUT2D eigenvalue weighted by atomic mass is 16.7. The first-order valence-electron chi connectivity index (χ1n) is 18.0. The second kappa shape index (κ2) is 19.8. The van der Waals surface area contributed by atoms with E-state index < -0.39 is 54.9 Å². The molecule has 2 unspecified atom stereocenters. The van der Waals surface area contributed by atoms with E-state index >= 15 is 0 Å². The molecule has 6 N–H and O–H groups in total. The fraction of sp³-hybridized carbons (Fsp3) is 0.350. The molecule has 0 saturated heterocycles. The number of carbonyl (C=O) groups excluding carboxylic acids is 6. The third kappa shape index (κ3) is 11.9. The van der Waals surface area contributed by atoms with Gasteiger partial charge in [-0.15, -0.1) is 0 Å². The van der Waals surface area contributed by atoms with E-state index in [-0.39, 0.29) is 45.4 Å². The van der Waals surface area contributed by atoms with Crippen LogP contribution in [0.15, 0.2) is 55.1 Å². The predicted molar refractivity (Wildman–Crippen MR) is 207 cm³/mol. The topological polar surface area (TPSA) is 247 Å². The van der Waals surface area contributed by atoms with Gasteiger partial charge in [-0.1, -0.05) is 32.9 Å². The standard InChI is InChI=1S/C40H46N6O11/c1-7-21(3)33(41)38(50)54-20-55-39(51)34-28(15-16-31(45-34)37(49)43-19-24-9-10-24)29-18-32(53-6)25(8-2)17-30(29)36(48)44-27-13-11-26(12-14-27)35(42)46-40(52)57-23(5)56-22(4)47/h8,11-18,21,23-24,33H,2,7,9-10,19-20,41H2,1,3-6H3,(H,43,49)(H,44,48)(H2,42,46,52)/t21?,23?,33-/m0/s1. The number of amides is 3. The van der Waals surface area contributed by atoms with E-state index in [0.717, 1.165) is 19.8 Å². The minimum Gasteiger partial charge on any atom is -0.496 e. The number of methoxy groups -OCH3 is 1. The number of aromatic nitrogens is 1. The summed E-state index contributed by atoms with van der Waals surface area (Å²) < 4.78 is 25.6. The zero-order valence-corrected chi connectivity index (χ0v) is 32.3. The van der Waals surface area contributed by atoms with Crippen molar-refractivity contribution in [2.75, 3.05) is 25.8 Å². The Morgan fingerprint density at radius 3 is 2.30 bits per heavy atom. The number of benzene rings is 2. The average molecular weight is 787 g/mol. The molecule has 0 radical (unpaired) electrons. The van der Waals surface area contributed by atoms with Crippen molar-refractivity contribution in [1.82, 2.24) is 15.6 Å². The Morgan fingerprint density at radius 1 is 0.982 bits per heavy atom. The van der Waals surface area contributed by atoms with Crippen LogP contribution in [0.5, 0.6) is 5.75 Å². The summed E-state index contributed by atoms with van der Waals surface area (Å²) in [6.45, 7) is 9.62. The van der Waals surface area contributed by atoms with Crippen molar-refractivity contribution in [2.24, 2.45) is 17.6 Å². The van der Waals surface area contributed by atoms with Crippen LogP contribution in [0, 0.1) is 17.2 Å². The SMILES string of the molecule is C=Cc1cc(C(=O)Nc2ccc(C(=N)NC(=O)OC(C)OC(C)=O)cc2)c(-c2ccc(C(=O)NCC3CC3)nc2C(=O)OCOC(=O)[C@@H](N)C(C)CC)cc1OC. The van der Waals surface area contributed by atoms with Crippen LogP contribution in [-0.2, 0) is 28.5 Å². The molecular formula is C40H46N6O11. The summed E-state index contributed by atoms with van der Waals surface area (Å²) in [5, 5.41) is 16.0. The molecule has 1 aromatic heterocycles. The van der Waals surface area contributed by atoms with Gasteiger partial charge in [-0.3, -0.25) is 29.9 Å². The van der Waals surface area contributed by atoms with E-state index in [4.69, 9.17) is 34.8 Å². The maximum absolute atomic E-state index is 14.0. The molecule has 0 aliphatic heterocycles. The van der Waals surface area contributed by atoms with Gasteiger partial charge < -0.3 is 40.1 Å². The van der Waals surface area contributed by atoms with E-state index in [9.17, 15) is 28.8 Å². The van der Waals surface area contributed by atoms with Crippen LogP contribution >= 0.6 is 0 Å².